The highest BCUT2D eigenvalue weighted by molar-refractivity contribution is 5.95. The van der Waals surface area contributed by atoms with Crippen molar-refractivity contribution in [3.63, 3.8) is 0 Å². The van der Waals surface area contributed by atoms with Crippen molar-refractivity contribution in [3.8, 4) is 0 Å². The highest BCUT2D eigenvalue weighted by Crippen LogP contribution is 2.18. The third-order valence-electron chi connectivity index (χ3n) is 4.60. The number of ether oxygens (including phenoxy) is 1. The standard InChI is InChI=1S/C18H25N3O3/c22-17(8-3-13-9-10-19-12-13)20-14-4-6-15(7-5-14)21-18(23)16-2-1-11-24-16/h4-7,13,16,19H,1-3,8-12H2,(H,20,22)(H,21,23). The second-order valence-electron chi connectivity index (χ2n) is 6.51. The molecule has 0 saturated carbocycles. The molecule has 0 spiro atoms. The van der Waals surface area contributed by atoms with E-state index in [0.717, 1.165) is 44.5 Å². The van der Waals surface area contributed by atoms with Gasteiger partial charge in [-0.3, -0.25) is 9.59 Å². The van der Waals surface area contributed by atoms with E-state index in [2.05, 4.69) is 16.0 Å². The summed E-state index contributed by atoms with van der Waals surface area (Å²) < 4.78 is 5.36. The van der Waals surface area contributed by atoms with E-state index in [1.807, 2.05) is 0 Å². The molecule has 2 aliphatic rings. The highest BCUT2D eigenvalue weighted by atomic mass is 16.5. The molecule has 0 radical (unpaired) electrons. The lowest BCUT2D eigenvalue weighted by Crippen LogP contribution is -2.26. The summed E-state index contributed by atoms with van der Waals surface area (Å²) in [6, 6.07) is 7.20. The first-order valence-corrected chi connectivity index (χ1v) is 8.74. The van der Waals surface area contributed by atoms with Crippen molar-refractivity contribution in [1.29, 1.82) is 0 Å². The van der Waals surface area contributed by atoms with Crippen LogP contribution in [0.5, 0.6) is 0 Å². The number of nitrogens with one attached hydrogen (secondary N) is 3. The SMILES string of the molecule is O=C(CCC1CCNC1)Nc1ccc(NC(=O)C2CCCO2)cc1. The molecule has 2 atom stereocenters. The third kappa shape index (κ3) is 4.79. The van der Waals surface area contributed by atoms with E-state index in [1.54, 1.807) is 24.3 Å². The molecule has 3 N–H and O–H groups in total. The Balaban J connectivity index is 1.43. The van der Waals surface area contributed by atoms with Gasteiger partial charge in [-0.1, -0.05) is 0 Å². The zero-order chi connectivity index (χ0) is 16.8. The van der Waals surface area contributed by atoms with Crippen molar-refractivity contribution >= 4 is 23.2 Å². The minimum Gasteiger partial charge on any atom is -0.368 e. The van der Waals surface area contributed by atoms with Gasteiger partial charge >= 0.3 is 0 Å². The number of benzene rings is 1. The van der Waals surface area contributed by atoms with Crippen LogP contribution >= 0.6 is 0 Å². The Morgan fingerprint density at radius 3 is 2.50 bits per heavy atom. The van der Waals surface area contributed by atoms with Crippen LogP contribution in [-0.4, -0.2) is 37.6 Å². The fourth-order valence-corrected chi connectivity index (χ4v) is 3.16. The molecule has 0 aliphatic carbocycles. The molecule has 6 nitrogen and oxygen atoms in total. The zero-order valence-corrected chi connectivity index (χ0v) is 13.8. The molecular formula is C18H25N3O3. The summed E-state index contributed by atoms with van der Waals surface area (Å²) in [6.07, 6.45) is 4.00. The predicted octanol–water partition coefficient (Wildman–Crippen LogP) is 2.13. The van der Waals surface area contributed by atoms with E-state index >= 15 is 0 Å². The van der Waals surface area contributed by atoms with Crippen LogP contribution in [-0.2, 0) is 14.3 Å². The number of anilines is 2. The lowest BCUT2D eigenvalue weighted by molar-refractivity contribution is -0.124. The first-order chi connectivity index (χ1) is 11.7. The molecule has 1 aromatic rings. The molecule has 0 bridgehead atoms. The fourth-order valence-electron chi connectivity index (χ4n) is 3.16. The number of carbonyl (C=O) groups excluding carboxylic acids is 2. The lowest BCUT2D eigenvalue weighted by atomic mass is 10.0. The molecule has 2 saturated heterocycles. The Kier molecular flexibility index (Phi) is 5.82. The van der Waals surface area contributed by atoms with Crippen LogP contribution in [0.2, 0.25) is 0 Å². The summed E-state index contributed by atoms with van der Waals surface area (Å²) in [4.78, 5) is 24.0. The molecular weight excluding hydrogens is 306 g/mol. The van der Waals surface area contributed by atoms with Gasteiger partial charge in [0, 0.05) is 24.4 Å². The monoisotopic (exact) mass is 331 g/mol. The Labute approximate surface area is 142 Å². The van der Waals surface area contributed by atoms with E-state index in [0.29, 0.717) is 24.6 Å². The summed E-state index contributed by atoms with van der Waals surface area (Å²) in [5.74, 6) is 0.554. The normalized spacial score (nSPS) is 23.2. The van der Waals surface area contributed by atoms with Crippen molar-refractivity contribution in [1.82, 2.24) is 5.32 Å². The quantitative estimate of drug-likeness (QED) is 0.746. The van der Waals surface area contributed by atoms with Crippen molar-refractivity contribution in [3.05, 3.63) is 24.3 Å². The minimum atomic E-state index is -0.338. The maximum atomic E-state index is 12.0. The van der Waals surface area contributed by atoms with Gasteiger partial charge in [0.05, 0.1) is 0 Å². The van der Waals surface area contributed by atoms with Gasteiger partial charge in [0.2, 0.25) is 5.91 Å². The second-order valence-corrected chi connectivity index (χ2v) is 6.51. The molecule has 2 unspecified atom stereocenters. The first kappa shape index (κ1) is 16.9. The van der Waals surface area contributed by atoms with Gasteiger partial charge in [-0.25, -0.2) is 0 Å². The van der Waals surface area contributed by atoms with Gasteiger partial charge in [-0.2, -0.15) is 0 Å². The van der Waals surface area contributed by atoms with Crippen molar-refractivity contribution < 1.29 is 14.3 Å². The van der Waals surface area contributed by atoms with Crippen molar-refractivity contribution in [2.24, 2.45) is 5.92 Å². The number of hydrogen-bond acceptors (Lipinski definition) is 4. The van der Waals surface area contributed by atoms with E-state index in [9.17, 15) is 9.59 Å². The van der Waals surface area contributed by atoms with Crippen molar-refractivity contribution in [2.75, 3.05) is 30.3 Å². The highest BCUT2D eigenvalue weighted by Gasteiger charge is 2.23. The maximum Gasteiger partial charge on any atom is 0.253 e. The maximum absolute atomic E-state index is 12.0. The summed E-state index contributed by atoms with van der Waals surface area (Å²) in [6.45, 7) is 2.73. The molecule has 2 heterocycles. The average Bonchev–Trinajstić information content (AvgIpc) is 3.28. The van der Waals surface area contributed by atoms with Gasteiger partial charge in [0.15, 0.2) is 0 Å². The molecule has 2 fully saturated rings. The molecule has 3 rings (SSSR count). The number of rotatable bonds is 6. The summed E-state index contributed by atoms with van der Waals surface area (Å²) in [7, 11) is 0. The van der Waals surface area contributed by atoms with E-state index in [1.165, 1.54) is 0 Å². The fraction of sp³-hybridized carbons (Fsp3) is 0.556. The minimum absolute atomic E-state index is 0.0399. The molecule has 0 aromatic heterocycles. The molecule has 2 aliphatic heterocycles. The van der Waals surface area contributed by atoms with Gasteiger partial charge in [-0.05, 0) is 69.0 Å². The Bertz CT molecular complexity index is 561. The average molecular weight is 331 g/mol. The number of amides is 2. The number of hydrogen-bond donors (Lipinski definition) is 3. The molecule has 1 aromatic carbocycles. The smallest absolute Gasteiger partial charge is 0.253 e. The van der Waals surface area contributed by atoms with Gasteiger partial charge in [0.1, 0.15) is 6.10 Å². The van der Waals surface area contributed by atoms with Crippen LogP contribution in [0.4, 0.5) is 11.4 Å². The van der Waals surface area contributed by atoms with Crippen LogP contribution in [0.15, 0.2) is 24.3 Å². The van der Waals surface area contributed by atoms with E-state index in [4.69, 9.17) is 4.74 Å². The van der Waals surface area contributed by atoms with E-state index in [-0.39, 0.29) is 17.9 Å². The topological polar surface area (TPSA) is 79.5 Å². The number of carbonyl (C=O) groups is 2. The molecule has 2 amide bonds. The zero-order valence-electron chi connectivity index (χ0n) is 13.8. The van der Waals surface area contributed by atoms with Gasteiger partial charge < -0.3 is 20.7 Å². The van der Waals surface area contributed by atoms with Crippen LogP contribution in [0, 0.1) is 5.92 Å². The largest absolute Gasteiger partial charge is 0.368 e. The Morgan fingerprint density at radius 2 is 1.88 bits per heavy atom. The Hall–Kier alpha value is -1.92. The van der Waals surface area contributed by atoms with E-state index < -0.39 is 0 Å². The van der Waals surface area contributed by atoms with Gasteiger partial charge in [0.25, 0.3) is 5.91 Å². The third-order valence-corrected chi connectivity index (χ3v) is 4.60. The summed E-state index contributed by atoms with van der Waals surface area (Å²) >= 11 is 0. The van der Waals surface area contributed by atoms with Gasteiger partial charge in [-0.15, -0.1) is 0 Å². The van der Waals surface area contributed by atoms with Crippen LogP contribution in [0.1, 0.15) is 32.1 Å². The molecule has 130 valence electrons. The lowest BCUT2D eigenvalue weighted by Gasteiger charge is -2.11. The first-order valence-electron chi connectivity index (χ1n) is 8.74. The molecule has 24 heavy (non-hydrogen) atoms. The second kappa shape index (κ2) is 8.26. The van der Waals surface area contributed by atoms with Crippen LogP contribution < -0.4 is 16.0 Å². The van der Waals surface area contributed by atoms with Crippen LogP contribution in [0.25, 0.3) is 0 Å². The summed E-state index contributed by atoms with van der Waals surface area (Å²) in [5, 5.41) is 9.06. The van der Waals surface area contributed by atoms with Crippen molar-refractivity contribution in [2.45, 2.75) is 38.2 Å². The predicted molar refractivity (Wildman–Crippen MR) is 92.9 cm³/mol. The molecule has 6 heteroatoms. The van der Waals surface area contributed by atoms with Crippen LogP contribution in [0.3, 0.4) is 0 Å². The Morgan fingerprint density at radius 1 is 1.12 bits per heavy atom. The summed E-state index contributed by atoms with van der Waals surface area (Å²) in [5.41, 5.74) is 1.46.